The number of amides is 1. The third-order valence-corrected chi connectivity index (χ3v) is 5.39. The molecule has 2 N–H and O–H groups in total. The summed E-state index contributed by atoms with van der Waals surface area (Å²) in [6.45, 7) is 0.0874. The first-order chi connectivity index (χ1) is 10.0. The van der Waals surface area contributed by atoms with Gasteiger partial charge in [-0.25, -0.2) is 12.7 Å². The van der Waals surface area contributed by atoms with Crippen LogP contribution < -0.4 is 5.73 Å². The highest BCUT2D eigenvalue weighted by atomic mass is 32.2. The van der Waals surface area contributed by atoms with Gasteiger partial charge in [0, 0.05) is 12.2 Å². The minimum Gasteiger partial charge on any atom is -0.399 e. The first-order valence-electron chi connectivity index (χ1n) is 6.51. The summed E-state index contributed by atoms with van der Waals surface area (Å²) in [7, 11) is -3.74. The van der Waals surface area contributed by atoms with Gasteiger partial charge in [0.05, 0.1) is 5.56 Å². The van der Waals surface area contributed by atoms with Crippen LogP contribution in [-0.4, -0.2) is 25.2 Å². The predicted molar refractivity (Wildman–Crippen MR) is 79.2 cm³/mol. The summed E-state index contributed by atoms with van der Waals surface area (Å²) in [6, 6.07) is 13.5. The summed E-state index contributed by atoms with van der Waals surface area (Å²) < 4.78 is 25.7. The zero-order valence-electron chi connectivity index (χ0n) is 11.2. The van der Waals surface area contributed by atoms with Gasteiger partial charge in [-0.2, -0.15) is 0 Å². The van der Waals surface area contributed by atoms with Gasteiger partial charge in [0.2, 0.25) is 0 Å². The van der Waals surface area contributed by atoms with Crippen molar-refractivity contribution in [2.75, 3.05) is 12.3 Å². The minimum absolute atomic E-state index is 0.0797. The maximum atomic E-state index is 12.4. The van der Waals surface area contributed by atoms with E-state index in [4.69, 9.17) is 5.73 Å². The van der Waals surface area contributed by atoms with Crippen molar-refractivity contribution >= 4 is 21.6 Å². The second-order valence-corrected chi connectivity index (χ2v) is 6.66. The summed E-state index contributed by atoms with van der Waals surface area (Å²) >= 11 is 0. The second-order valence-electron chi connectivity index (χ2n) is 4.83. The van der Waals surface area contributed by atoms with Crippen LogP contribution in [0.5, 0.6) is 0 Å². The summed E-state index contributed by atoms with van der Waals surface area (Å²) in [5.74, 6) is -0.472. The number of anilines is 1. The highest BCUT2D eigenvalue weighted by Crippen LogP contribution is 2.30. The molecule has 21 heavy (non-hydrogen) atoms. The second kappa shape index (κ2) is 4.89. The molecular weight excluding hydrogens is 288 g/mol. The smallest absolute Gasteiger partial charge is 0.269 e. The Morgan fingerprint density at radius 3 is 2.38 bits per heavy atom. The van der Waals surface area contributed by atoms with Gasteiger partial charge < -0.3 is 5.73 Å². The number of benzene rings is 2. The van der Waals surface area contributed by atoms with Crippen LogP contribution >= 0.6 is 0 Å². The Labute approximate surface area is 123 Å². The molecule has 6 heteroatoms. The number of hydrogen-bond donors (Lipinski definition) is 1. The number of para-hydroxylation sites is 1. The maximum absolute atomic E-state index is 12.4. The van der Waals surface area contributed by atoms with Crippen molar-refractivity contribution in [3.63, 3.8) is 0 Å². The van der Waals surface area contributed by atoms with Crippen LogP contribution in [0.25, 0.3) is 0 Å². The van der Waals surface area contributed by atoms with Crippen LogP contribution in [0.3, 0.4) is 0 Å². The summed E-state index contributed by atoms with van der Waals surface area (Å²) in [5.41, 5.74) is 7.50. The molecule has 2 aromatic rings. The van der Waals surface area contributed by atoms with Gasteiger partial charge in [-0.3, -0.25) is 4.79 Å². The molecule has 0 fully saturated rings. The van der Waals surface area contributed by atoms with Gasteiger partial charge in [-0.15, -0.1) is 0 Å². The molecule has 0 radical (unpaired) electrons. The first kappa shape index (κ1) is 13.6. The Morgan fingerprint density at radius 1 is 1.00 bits per heavy atom. The van der Waals surface area contributed by atoms with Crippen LogP contribution in [0, 0.1) is 0 Å². The van der Waals surface area contributed by atoms with E-state index in [2.05, 4.69) is 0 Å². The number of hydrogen-bond acceptors (Lipinski definition) is 4. The molecule has 1 aliphatic rings. The summed E-state index contributed by atoms with van der Waals surface area (Å²) in [4.78, 5) is 12.3. The fourth-order valence-corrected chi connectivity index (χ4v) is 4.01. The molecule has 1 amide bonds. The van der Waals surface area contributed by atoms with E-state index in [1.54, 1.807) is 18.2 Å². The Bertz CT molecular complexity index is 815. The largest absolute Gasteiger partial charge is 0.399 e. The van der Waals surface area contributed by atoms with Crippen molar-refractivity contribution in [1.29, 1.82) is 0 Å². The van der Waals surface area contributed by atoms with E-state index in [0.29, 0.717) is 12.1 Å². The topological polar surface area (TPSA) is 80.5 Å². The standard InChI is InChI=1S/C15H14N2O3S/c16-13-7-3-1-5-11(13)9-10-17-15(18)12-6-2-4-8-14(12)21(17,19)20/h1-8H,9-10,16H2. The van der Waals surface area contributed by atoms with Crippen LogP contribution in [0.4, 0.5) is 5.69 Å². The molecule has 0 saturated carbocycles. The van der Waals surface area contributed by atoms with Crippen LogP contribution in [0.15, 0.2) is 53.4 Å². The van der Waals surface area contributed by atoms with Crippen LogP contribution in [0.2, 0.25) is 0 Å². The van der Waals surface area contributed by atoms with Gasteiger partial charge in [0.15, 0.2) is 0 Å². The lowest BCUT2D eigenvalue weighted by Crippen LogP contribution is -2.32. The molecule has 5 nitrogen and oxygen atoms in total. The zero-order valence-corrected chi connectivity index (χ0v) is 12.0. The fourth-order valence-electron chi connectivity index (χ4n) is 2.44. The molecule has 0 atom stereocenters. The molecule has 0 bridgehead atoms. The van der Waals surface area contributed by atoms with Gasteiger partial charge in [0.1, 0.15) is 4.90 Å². The van der Waals surface area contributed by atoms with Gasteiger partial charge >= 0.3 is 0 Å². The third kappa shape index (κ3) is 2.17. The molecule has 0 unspecified atom stereocenters. The van der Waals surface area contributed by atoms with Crippen molar-refractivity contribution in [1.82, 2.24) is 4.31 Å². The number of nitrogens with two attached hydrogens (primary N) is 1. The number of carbonyl (C=O) groups is 1. The van der Waals surface area contributed by atoms with Gasteiger partial charge in [-0.05, 0) is 30.2 Å². The minimum atomic E-state index is -3.74. The Morgan fingerprint density at radius 2 is 1.67 bits per heavy atom. The molecule has 0 aromatic heterocycles. The van der Waals surface area contributed by atoms with Crippen molar-refractivity contribution < 1.29 is 13.2 Å². The lowest BCUT2D eigenvalue weighted by molar-refractivity contribution is 0.0872. The molecule has 0 spiro atoms. The highest BCUT2D eigenvalue weighted by molar-refractivity contribution is 7.90. The molecular formula is C15H14N2O3S. The number of fused-ring (bicyclic) bond motifs is 1. The Kier molecular flexibility index (Phi) is 3.17. The molecule has 1 heterocycles. The highest BCUT2D eigenvalue weighted by Gasteiger charge is 2.40. The molecule has 2 aromatic carbocycles. The Hall–Kier alpha value is -2.34. The van der Waals surface area contributed by atoms with E-state index in [1.807, 2.05) is 18.2 Å². The number of carbonyl (C=O) groups excluding carboxylic acids is 1. The average Bonchev–Trinajstić information content (AvgIpc) is 2.67. The van der Waals surface area contributed by atoms with Crippen molar-refractivity contribution in [2.45, 2.75) is 11.3 Å². The quantitative estimate of drug-likeness (QED) is 0.874. The maximum Gasteiger partial charge on any atom is 0.269 e. The van der Waals surface area contributed by atoms with E-state index in [9.17, 15) is 13.2 Å². The lowest BCUT2D eigenvalue weighted by Gasteiger charge is -2.15. The van der Waals surface area contributed by atoms with E-state index >= 15 is 0 Å². The summed E-state index contributed by atoms with van der Waals surface area (Å²) in [6.07, 6.45) is 0.394. The van der Waals surface area contributed by atoms with Crippen LogP contribution in [0.1, 0.15) is 15.9 Å². The average molecular weight is 302 g/mol. The monoisotopic (exact) mass is 302 g/mol. The molecule has 0 aliphatic carbocycles. The predicted octanol–water partition coefficient (Wildman–Crippen LogP) is 1.66. The lowest BCUT2D eigenvalue weighted by atomic mass is 10.1. The summed E-state index contributed by atoms with van der Waals surface area (Å²) in [5, 5.41) is 0. The number of nitrogen functional groups attached to an aromatic ring is 1. The van der Waals surface area contributed by atoms with Gasteiger partial charge in [0.25, 0.3) is 15.9 Å². The van der Waals surface area contributed by atoms with E-state index < -0.39 is 15.9 Å². The number of sulfonamides is 1. The van der Waals surface area contributed by atoms with E-state index in [-0.39, 0.29) is 17.0 Å². The van der Waals surface area contributed by atoms with Crippen molar-refractivity contribution in [3.8, 4) is 0 Å². The fraction of sp³-hybridized carbons (Fsp3) is 0.133. The van der Waals surface area contributed by atoms with Crippen molar-refractivity contribution in [2.24, 2.45) is 0 Å². The molecule has 0 saturated heterocycles. The molecule has 3 rings (SSSR count). The normalized spacial score (nSPS) is 16.0. The SMILES string of the molecule is Nc1ccccc1CCN1C(=O)c2ccccc2S1(=O)=O. The molecule has 1 aliphatic heterocycles. The zero-order chi connectivity index (χ0) is 15.0. The van der Waals surface area contributed by atoms with E-state index in [1.165, 1.54) is 12.1 Å². The van der Waals surface area contributed by atoms with Crippen LogP contribution in [-0.2, 0) is 16.4 Å². The number of nitrogens with zero attached hydrogens (tertiary/aromatic N) is 1. The van der Waals surface area contributed by atoms with E-state index in [0.717, 1.165) is 9.87 Å². The van der Waals surface area contributed by atoms with Crippen molar-refractivity contribution in [3.05, 3.63) is 59.7 Å². The molecule has 108 valence electrons. The van der Waals surface area contributed by atoms with Gasteiger partial charge in [-0.1, -0.05) is 30.3 Å². The Balaban J connectivity index is 1.88. The first-order valence-corrected chi connectivity index (χ1v) is 7.95. The third-order valence-electron chi connectivity index (χ3n) is 3.55. The number of rotatable bonds is 3.